The third kappa shape index (κ3) is 6.94. The minimum atomic E-state index is -4.45. The molecule has 0 aliphatic carbocycles. The largest absolute Gasteiger partial charge is 0.494 e. The maximum atomic E-state index is 13.1. The number of alkyl halides is 3. The van der Waals surface area contributed by atoms with E-state index < -0.39 is 29.7 Å². The molecule has 39 heavy (non-hydrogen) atoms. The average Bonchev–Trinajstić information content (AvgIpc) is 2.91. The van der Waals surface area contributed by atoms with E-state index in [2.05, 4.69) is 10.6 Å². The number of anilines is 2. The summed E-state index contributed by atoms with van der Waals surface area (Å²) in [4.78, 5) is 24.4. The van der Waals surface area contributed by atoms with Crippen molar-refractivity contribution in [2.45, 2.75) is 32.0 Å². The third-order valence-electron chi connectivity index (χ3n) is 6.04. The van der Waals surface area contributed by atoms with Crippen molar-refractivity contribution in [3.8, 4) is 5.75 Å². The Kier molecular flexibility index (Phi) is 8.51. The number of allylic oxidation sites excluding steroid dienone is 2. The first kappa shape index (κ1) is 27.7. The number of benzene rings is 3. The highest BCUT2D eigenvalue weighted by atomic mass is 19.4. The fourth-order valence-electron chi connectivity index (χ4n) is 4.12. The van der Waals surface area contributed by atoms with Gasteiger partial charge in [-0.2, -0.15) is 13.2 Å². The summed E-state index contributed by atoms with van der Waals surface area (Å²) in [5, 5.41) is 15.3. The molecule has 1 aliphatic rings. The highest BCUT2D eigenvalue weighted by molar-refractivity contribution is 6.03. The molecule has 4 rings (SSSR count). The van der Waals surface area contributed by atoms with Crippen LogP contribution in [0.3, 0.4) is 0 Å². The molecular formula is C30H27F3N2O4. The first-order valence-corrected chi connectivity index (χ1v) is 12.4. The van der Waals surface area contributed by atoms with Crippen LogP contribution in [-0.2, 0) is 22.2 Å². The van der Waals surface area contributed by atoms with Gasteiger partial charge >= 0.3 is 6.18 Å². The molecule has 1 atom stereocenters. The lowest BCUT2D eigenvalue weighted by molar-refractivity contribution is -0.137. The zero-order chi connectivity index (χ0) is 28.0. The summed E-state index contributed by atoms with van der Waals surface area (Å²) < 4.78 is 45.0. The highest BCUT2D eigenvalue weighted by Gasteiger charge is 2.30. The Labute approximate surface area is 223 Å². The Morgan fingerprint density at radius 2 is 1.85 bits per heavy atom. The van der Waals surface area contributed by atoms with Crippen molar-refractivity contribution < 1.29 is 32.6 Å². The van der Waals surface area contributed by atoms with E-state index in [-0.39, 0.29) is 6.42 Å². The maximum Gasteiger partial charge on any atom is 0.416 e. The molecule has 3 aromatic rings. The van der Waals surface area contributed by atoms with Crippen molar-refractivity contribution >= 4 is 28.8 Å². The van der Waals surface area contributed by atoms with Crippen molar-refractivity contribution in [2.75, 3.05) is 17.2 Å². The number of aliphatic hydroxyl groups excluding tert-OH is 1. The number of hydrogen-bond donors (Lipinski definition) is 3. The minimum Gasteiger partial charge on any atom is -0.494 e. The van der Waals surface area contributed by atoms with Gasteiger partial charge in [0.1, 0.15) is 11.9 Å². The van der Waals surface area contributed by atoms with Gasteiger partial charge in [-0.05, 0) is 59.5 Å². The topological polar surface area (TPSA) is 87.7 Å². The quantitative estimate of drug-likeness (QED) is 0.244. The van der Waals surface area contributed by atoms with Crippen molar-refractivity contribution in [3.05, 3.63) is 107 Å². The summed E-state index contributed by atoms with van der Waals surface area (Å²) in [5.41, 5.74) is 2.65. The minimum absolute atomic E-state index is 0.0652. The molecule has 0 saturated carbocycles. The lowest BCUT2D eigenvalue weighted by atomic mass is 9.96. The van der Waals surface area contributed by atoms with Crippen LogP contribution >= 0.6 is 0 Å². The van der Waals surface area contributed by atoms with E-state index in [4.69, 9.17) is 4.74 Å². The molecule has 0 radical (unpaired) electrons. The molecule has 1 heterocycles. The molecule has 0 spiro atoms. The number of fused-ring (bicyclic) bond motifs is 1. The maximum absolute atomic E-state index is 13.1. The van der Waals surface area contributed by atoms with Crippen LogP contribution in [0.1, 0.15) is 35.6 Å². The zero-order valence-corrected chi connectivity index (χ0v) is 21.1. The Balaban J connectivity index is 1.60. The summed E-state index contributed by atoms with van der Waals surface area (Å²) >= 11 is 0. The fraction of sp³-hybridized carbons (Fsp3) is 0.200. The predicted octanol–water partition coefficient (Wildman–Crippen LogP) is 5.98. The first-order chi connectivity index (χ1) is 18.7. The molecule has 1 unspecified atom stereocenters. The summed E-state index contributed by atoms with van der Waals surface area (Å²) in [5.74, 6) is -0.342. The lowest BCUT2D eigenvalue weighted by Crippen LogP contribution is -2.34. The fourth-order valence-corrected chi connectivity index (χ4v) is 4.12. The van der Waals surface area contributed by atoms with Gasteiger partial charge in [0.25, 0.3) is 5.91 Å². The van der Waals surface area contributed by atoms with Crippen LogP contribution in [0.25, 0.3) is 5.57 Å². The van der Waals surface area contributed by atoms with Gasteiger partial charge in [-0.15, -0.1) is 0 Å². The molecule has 2 amide bonds. The predicted molar refractivity (Wildman–Crippen MR) is 143 cm³/mol. The molecule has 3 N–H and O–H groups in total. The van der Waals surface area contributed by atoms with Crippen LogP contribution in [0.15, 0.2) is 85.0 Å². The average molecular weight is 537 g/mol. The van der Waals surface area contributed by atoms with Crippen LogP contribution in [0.2, 0.25) is 0 Å². The third-order valence-corrected chi connectivity index (χ3v) is 6.04. The van der Waals surface area contributed by atoms with Crippen LogP contribution < -0.4 is 15.4 Å². The number of amides is 2. The van der Waals surface area contributed by atoms with Gasteiger partial charge in [0.15, 0.2) is 0 Å². The molecule has 6 nitrogen and oxygen atoms in total. The molecule has 0 aromatic heterocycles. The van der Waals surface area contributed by atoms with E-state index in [1.807, 2.05) is 13.0 Å². The van der Waals surface area contributed by atoms with E-state index in [0.29, 0.717) is 46.0 Å². The van der Waals surface area contributed by atoms with Crippen molar-refractivity contribution in [2.24, 2.45) is 0 Å². The van der Waals surface area contributed by atoms with Crippen molar-refractivity contribution in [1.29, 1.82) is 0 Å². The Morgan fingerprint density at radius 3 is 2.56 bits per heavy atom. The normalized spacial score (nSPS) is 15.6. The molecule has 202 valence electrons. The van der Waals surface area contributed by atoms with E-state index in [0.717, 1.165) is 18.6 Å². The van der Waals surface area contributed by atoms with Gasteiger partial charge in [0.2, 0.25) is 5.91 Å². The zero-order valence-electron chi connectivity index (χ0n) is 21.1. The molecule has 0 fully saturated rings. The number of hydrogen-bond acceptors (Lipinski definition) is 4. The van der Waals surface area contributed by atoms with Crippen LogP contribution in [-0.4, -0.2) is 29.6 Å². The van der Waals surface area contributed by atoms with Crippen molar-refractivity contribution in [1.82, 2.24) is 0 Å². The van der Waals surface area contributed by atoms with Crippen LogP contribution in [0, 0.1) is 0 Å². The summed E-state index contributed by atoms with van der Waals surface area (Å²) in [6.45, 7) is 2.50. The highest BCUT2D eigenvalue weighted by Crippen LogP contribution is 2.33. The van der Waals surface area contributed by atoms with Crippen LogP contribution in [0.4, 0.5) is 24.5 Å². The Hall–Kier alpha value is -4.37. The SMILES string of the molecule is CCCOc1cccc(/C(=C\C=C\C(=O)Nc2cccc3c2CC(O)C(=O)N3)c2ccc(C(F)(F)F)cc2)c1. The number of ether oxygens (including phenoxy) is 1. The van der Waals surface area contributed by atoms with Gasteiger partial charge in [-0.25, -0.2) is 0 Å². The first-order valence-electron chi connectivity index (χ1n) is 12.4. The number of carbonyl (C=O) groups excluding carboxylic acids is 2. The second-order valence-corrected chi connectivity index (χ2v) is 8.92. The van der Waals surface area contributed by atoms with Gasteiger partial charge in [0, 0.05) is 29.4 Å². The molecule has 9 heteroatoms. The number of rotatable bonds is 8. The van der Waals surface area contributed by atoms with E-state index >= 15 is 0 Å². The number of halogens is 3. The summed E-state index contributed by atoms with van der Waals surface area (Å²) in [6, 6.07) is 17.0. The monoisotopic (exact) mass is 536 g/mol. The van der Waals surface area contributed by atoms with E-state index in [1.54, 1.807) is 42.5 Å². The Morgan fingerprint density at radius 1 is 1.10 bits per heavy atom. The summed E-state index contributed by atoms with van der Waals surface area (Å²) in [6.07, 6.45) is -0.338. The molecule has 3 aromatic carbocycles. The van der Waals surface area contributed by atoms with E-state index in [9.17, 15) is 27.9 Å². The van der Waals surface area contributed by atoms with Crippen molar-refractivity contribution in [3.63, 3.8) is 0 Å². The van der Waals surface area contributed by atoms with Gasteiger partial charge in [-0.3, -0.25) is 9.59 Å². The van der Waals surface area contributed by atoms with Gasteiger partial charge < -0.3 is 20.5 Å². The number of aliphatic hydroxyl groups is 1. The van der Waals surface area contributed by atoms with E-state index in [1.165, 1.54) is 24.3 Å². The van der Waals surface area contributed by atoms with Gasteiger partial charge in [-0.1, -0.05) is 49.4 Å². The molecule has 0 saturated heterocycles. The molecule has 0 bridgehead atoms. The molecule has 1 aliphatic heterocycles. The number of nitrogens with one attached hydrogen (secondary N) is 2. The smallest absolute Gasteiger partial charge is 0.416 e. The van der Waals surface area contributed by atoms with Crippen LogP contribution in [0.5, 0.6) is 5.75 Å². The molecular weight excluding hydrogens is 509 g/mol. The standard InChI is InChI=1S/C30H27F3N2O4/c1-2-16-39-22-7-3-6-20(17-22)23(19-12-14-21(15-13-19)30(31,32)33)8-4-11-28(37)34-25-9-5-10-26-24(25)18-27(36)29(38)35-26/h3-15,17,27,36H,2,16,18H2,1H3,(H,34,37)(H,35,38)/b11-4+,23-8-. The van der Waals surface area contributed by atoms with Gasteiger partial charge in [0.05, 0.1) is 12.2 Å². The second-order valence-electron chi connectivity index (χ2n) is 8.92. The Bertz CT molecular complexity index is 1410. The number of carbonyl (C=O) groups is 2. The lowest BCUT2D eigenvalue weighted by Gasteiger charge is -2.23. The summed E-state index contributed by atoms with van der Waals surface area (Å²) in [7, 11) is 0. The second kappa shape index (κ2) is 12.0.